The second-order valence-corrected chi connectivity index (χ2v) is 6.34. The van der Waals surface area contributed by atoms with Crippen LogP contribution in [0.2, 0.25) is 5.02 Å². The van der Waals surface area contributed by atoms with E-state index in [9.17, 15) is 4.79 Å². The van der Waals surface area contributed by atoms with Gasteiger partial charge in [-0.25, -0.2) is 0 Å². The molecule has 106 valence electrons. The Morgan fingerprint density at radius 3 is 2.75 bits per heavy atom. The number of carbonyl (C=O) groups excluding carboxylic acids is 1. The summed E-state index contributed by atoms with van der Waals surface area (Å²) in [5, 5.41) is 0.675. The summed E-state index contributed by atoms with van der Waals surface area (Å²) in [5.41, 5.74) is 0.937. The van der Waals surface area contributed by atoms with Gasteiger partial charge in [0, 0.05) is 25.3 Å². The van der Waals surface area contributed by atoms with Crippen LogP contribution in [0.25, 0.3) is 6.08 Å². The molecule has 1 fully saturated rings. The smallest absolute Gasteiger partial charge is 0.266 e. The van der Waals surface area contributed by atoms with Gasteiger partial charge in [-0.3, -0.25) is 9.69 Å². The minimum absolute atomic E-state index is 0.0361. The fourth-order valence-corrected chi connectivity index (χ4v) is 3.20. The van der Waals surface area contributed by atoms with Gasteiger partial charge in [0.15, 0.2) is 0 Å². The number of hydrogen-bond donors (Lipinski definition) is 0. The molecule has 0 radical (unpaired) electrons. The highest BCUT2D eigenvalue weighted by molar-refractivity contribution is 8.26. The molecule has 0 unspecified atom stereocenters. The van der Waals surface area contributed by atoms with Gasteiger partial charge in [0.2, 0.25) is 0 Å². The molecule has 1 amide bonds. The van der Waals surface area contributed by atoms with Crippen molar-refractivity contribution in [3.8, 4) is 0 Å². The van der Waals surface area contributed by atoms with Crippen LogP contribution in [0.15, 0.2) is 29.2 Å². The van der Waals surface area contributed by atoms with E-state index in [2.05, 4.69) is 0 Å². The van der Waals surface area contributed by atoms with E-state index in [0.29, 0.717) is 27.4 Å². The molecule has 1 saturated heterocycles. The van der Waals surface area contributed by atoms with E-state index in [-0.39, 0.29) is 5.91 Å². The molecule has 1 aliphatic heterocycles. The number of hydrogen-bond acceptors (Lipinski definition) is 4. The minimum Gasteiger partial charge on any atom is -0.385 e. The number of thiocarbonyl (C=S) groups is 1. The quantitative estimate of drug-likeness (QED) is 0.470. The van der Waals surface area contributed by atoms with Gasteiger partial charge in [0.25, 0.3) is 5.91 Å². The molecule has 0 N–H and O–H groups in total. The van der Waals surface area contributed by atoms with Crippen molar-refractivity contribution in [3.05, 3.63) is 39.8 Å². The first-order valence-electron chi connectivity index (χ1n) is 6.11. The zero-order chi connectivity index (χ0) is 14.5. The first-order chi connectivity index (χ1) is 9.61. The molecule has 1 aromatic rings. The lowest BCUT2D eigenvalue weighted by molar-refractivity contribution is -0.122. The fourth-order valence-electron chi connectivity index (χ4n) is 1.77. The zero-order valence-electron chi connectivity index (χ0n) is 11.0. The Morgan fingerprint density at radius 1 is 1.40 bits per heavy atom. The Hall–Kier alpha value is -0.880. The van der Waals surface area contributed by atoms with Crippen LogP contribution in [0, 0.1) is 0 Å². The molecule has 1 heterocycles. The summed E-state index contributed by atoms with van der Waals surface area (Å²) in [6, 6.07) is 7.35. The summed E-state index contributed by atoms with van der Waals surface area (Å²) in [6.45, 7) is 1.21. The molecule has 2 rings (SSSR count). The van der Waals surface area contributed by atoms with Crippen LogP contribution in [0.4, 0.5) is 0 Å². The minimum atomic E-state index is -0.0361. The zero-order valence-corrected chi connectivity index (χ0v) is 13.4. The van der Waals surface area contributed by atoms with Crippen LogP contribution in [0.3, 0.4) is 0 Å². The van der Waals surface area contributed by atoms with E-state index in [4.69, 9.17) is 28.6 Å². The van der Waals surface area contributed by atoms with Gasteiger partial charge in [-0.05, 0) is 30.2 Å². The van der Waals surface area contributed by atoms with Gasteiger partial charge in [-0.15, -0.1) is 0 Å². The van der Waals surface area contributed by atoms with Crippen molar-refractivity contribution in [1.29, 1.82) is 0 Å². The van der Waals surface area contributed by atoms with Crippen molar-refractivity contribution in [2.75, 3.05) is 20.3 Å². The van der Waals surface area contributed by atoms with Gasteiger partial charge < -0.3 is 4.74 Å². The SMILES string of the molecule is COCCCN1C(=O)/C(=C/c2ccc(Cl)cc2)SC1=S. The van der Waals surface area contributed by atoms with Crippen LogP contribution >= 0.6 is 35.6 Å². The van der Waals surface area contributed by atoms with Gasteiger partial charge >= 0.3 is 0 Å². The molecule has 3 nitrogen and oxygen atoms in total. The molecule has 0 saturated carbocycles. The van der Waals surface area contributed by atoms with E-state index in [1.54, 1.807) is 24.1 Å². The van der Waals surface area contributed by atoms with Crippen LogP contribution < -0.4 is 0 Å². The first-order valence-corrected chi connectivity index (χ1v) is 7.72. The van der Waals surface area contributed by atoms with Gasteiger partial charge in [-0.2, -0.15) is 0 Å². The van der Waals surface area contributed by atoms with Gasteiger partial charge in [0.1, 0.15) is 4.32 Å². The Balaban J connectivity index is 2.09. The third kappa shape index (κ3) is 3.82. The second-order valence-electron chi connectivity index (χ2n) is 4.23. The largest absolute Gasteiger partial charge is 0.385 e. The van der Waals surface area contributed by atoms with E-state index in [1.807, 2.05) is 18.2 Å². The normalized spacial score (nSPS) is 17.3. The van der Waals surface area contributed by atoms with Crippen molar-refractivity contribution >= 4 is 51.9 Å². The molecule has 1 aliphatic rings. The standard InChI is InChI=1S/C14H14ClNO2S2/c1-18-8-2-7-16-13(17)12(20-14(16)19)9-10-3-5-11(15)6-4-10/h3-6,9H,2,7-8H2,1H3/b12-9-. The van der Waals surface area contributed by atoms with Crippen LogP contribution in [-0.4, -0.2) is 35.4 Å². The third-order valence-corrected chi connectivity index (χ3v) is 4.40. The van der Waals surface area contributed by atoms with Crippen molar-refractivity contribution in [2.45, 2.75) is 6.42 Å². The topological polar surface area (TPSA) is 29.5 Å². The predicted molar refractivity (Wildman–Crippen MR) is 87.8 cm³/mol. The van der Waals surface area contributed by atoms with Crippen molar-refractivity contribution in [3.63, 3.8) is 0 Å². The Morgan fingerprint density at radius 2 is 2.10 bits per heavy atom. The molecule has 0 atom stereocenters. The number of ether oxygens (including phenoxy) is 1. The van der Waals surface area contributed by atoms with Crippen LogP contribution in [0.1, 0.15) is 12.0 Å². The molecule has 0 aromatic heterocycles. The molecule has 0 aliphatic carbocycles. The van der Waals surface area contributed by atoms with Crippen molar-refractivity contribution in [1.82, 2.24) is 4.90 Å². The number of benzene rings is 1. The monoisotopic (exact) mass is 327 g/mol. The Labute approximate surface area is 132 Å². The summed E-state index contributed by atoms with van der Waals surface area (Å²) in [5.74, 6) is -0.0361. The highest BCUT2D eigenvalue weighted by Gasteiger charge is 2.31. The Kier molecular flexibility index (Phi) is 5.60. The maximum atomic E-state index is 12.3. The number of carbonyl (C=O) groups is 1. The summed E-state index contributed by atoms with van der Waals surface area (Å²) < 4.78 is 5.59. The van der Waals surface area contributed by atoms with Gasteiger partial charge in [-0.1, -0.05) is 47.7 Å². The molecular weight excluding hydrogens is 314 g/mol. The highest BCUT2D eigenvalue weighted by atomic mass is 35.5. The summed E-state index contributed by atoms with van der Waals surface area (Å²) in [4.78, 5) is 14.5. The average Bonchev–Trinajstić information content (AvgIpc) is 2.69. The van der Waals surface area contributed by atoms with Crippen molar-refractivity contribution in [2.24, 2.45) is 0 Å². The molecule has 20 heavy (non-hydrogen) atoms. The highest BCUT2D eigenvalue weighted by Crippen LogP contribution is 2.32. The molecular formula is C14H14ClNO2S2. The lowest BCUT2D eigenvalue weighted by Gasteiger charge is -2.13. The van der Waals surface area contributed by atoms with E-state index < -0.39 is 0 Å². The fraction of sp³-hybridized carbons (Fsp3) is 0.286. The van der Waals surface area contributed by atoms with Crippen molar-refractivity contribution < 1.29 is 9.53 Å². The van der Waals surface area contributed by atoms with Crippen LogP contribution in [0.5, 0.6) is 0 Å². The molecule has 0 spiro atoms. The number of nitrogens with zero attached hydrogens (tertiary/aromatic N) is 1. The number of rotatable bonds is 5. The summed E-state index contributed by atoms with van der Waals surface area (Å²) >= 11 is 12.4. The molecule has 1 aromatic carbocycles. The lowest BCUT2D eigenvalue weighted by atomic mass is 10.2. The van der Waals surface area contributed by atoms with Gasteiger partial charge in [0.05, 0.1) is 4.91 Å². The predicted octanol–water partition coefficient (Wildman–Crippen LogP) is 3.58. The lowest BCUT2D eigenvalue weighted by Crippen LogP contribution is -2.29. The second kappa shape index (κ2) is 7.22. The Bertz CT molecular complexity index is 543. The summed E-state index contributed by atoms with van der Waals surface area (Å²) in [6.07, 6.45) is 2.61. The summed E-state index contributed by atoms with van der Waals surface area (Å²) in [7, 11) is 1.64. The van der Waals surface area contributed by atoms with Crippen LogP contribution in [-0.2, 0) is 9.53 Å². The van der Waals surface area contributed by atoms with E-state index in [1.165, 1.54) is 11.8 Å². The average molecular weight is 328 g/mol. The first kappa shape index (κ1) is 15.5. The number of amides is 1. The molecule has 6 heteroatoms. The number of halogens is 1. The van der Waals surface area contributed by atoms with E-state index >= 15 is 0 Å². The molecule has 0 bridgehead atoms. The third-order valence-electron chi connectivity index (χ3n) is 2.77. The number of thioether (sulfide) groups is 1. The maximum absolute atomic E-state index is 12.3. The maximum Gasteiger partial charge on any atom is 0.266 e. The van der Waals surface area contributed by atoms with E-state index in [0.717, 1.165) is 12.0 Å². The number of methoxy groups -OCH3 is 1.